The van der Waals surface area contributed by atoms with Crippen molar-refractivity contribution >= 4 is 15.8 Å². The summed E-state index contributed by atoms with van der Waals surface area (Å²) in [7, 11) is -3.64. The highest BCUT2D eigenvalue weighted by molar-refractivity contribution is 7.92. The average Bonchev–Trinajstić information content (AvgIpc) is 2.40. The van der Waals surface area contributed by atoms with E-state index in [1.165, 1.54) is 18.3 Å². The fourth-order valence-electron chi connectivity index (χ4n) is 1.50. The second kappa shape index (κ2) is 5.50. The minimum absolute atomic E-state index is 0.139. The summed E-state index contributed by atoms with van der Waals surface area (Å²) in [5.41, 5.74) is 0.777. The van der Waals surface area contributed by atoms with Crippen LogP contribution in [0.3, 0.4) is 0 Å². The van der Waals surface area contributed by atoms with Crippen molar-refractivity contribution in [2.75, 3.05) is 4.72 Å². The van der Waals surface area contributed by atoms with Gasteiger partial charge in [-0.2, -0.15) is 5.26 Å². The molecular weight excluding hydrogens is 262 g/mol. The Morgan fingerprint density at radius 1 is 1.16 bits per heavy atom. The maximum absolute atomic E-state index is 12.1. The molecule has 0 aliphatic carbocycles. The Balaban J connectivity index is 2.23. The molecule has 0 saturated carbocycles. The van der Waals surface area contributed by atoms with Crippen molar-refractivity contribution in [1.82, 2.24) is 4.98 Å². The number of nitrogens with zero attached hydrogens (tertiary/aromatic N) is 2. The molecule has 2 rings (SSSR count). The van der Waals surface area contributed by atoms with Crippen molar-refractivity contribution < 1.29 is 8.42 Å². The van der Waals surface area contributed by atoms with Gasteiger partial charge in [0.05, 0.1) is 17.4 Å². The Labute approximate surface area is 111 Å². The molecule has 1 N–H and O–H groups in total. The normalized spacial score (nSPS) is 10.7. The highest BCUT2D eigenvalue weighted by Crippen LogP contribution is 2.14. The zero-order chi connectivity index (χ0) is 13.7. The number of anilines is 1. The van der Waals surface area contributed by atoms with Crippen molar-refractivity contribution in [2.45, 2.75) is 11.3 Å². The Morgan fingerprint density at radius 3 is 2.47 bits per heavy atom. The van der Waals surface area contributed by atoms with Crippen LogP contribution in [0.5, 0.6) is 0 Å². The van der Waals surface area contributed by atoms with E-state index in [0.717, 1.165) is 5.56 Å². The number of sulfonamides is 1. The fourth-order valence-corrected chi connectivity index (χ4v) is 2.51. The number of rotatable bonds is 4. The lowest BCUT2D eigenvalue weighted by Gasteiger charge is -2.07. The molecule has 0 aliphatic heterocycles. The summed E-state index contributed by atoms with van der Waals surface area (Å²) in [5, 5.41) is 8.55. The average molecular weight is 273 g/mol. The quantitative estimate of drug-likeness (QED) is 0.922. The lowest BCUT2D eigenvalue weighted by molar-refractivity contribution is 0.601. The maximum Gasteiger partial charge on any atom is 0.263 e. The molecule has 96 valence electrons. The third-order valence-electron chi connectivity index (χ3n) is 2.42. The molecule has 2 aromatic rings. The van der Waals surface area contributed by atoms with Gasteiger partial charge in [0.25, 0.3) is 10.0 Å². The van der Waals surface area contributed by atoms with Crippen LogP contribution in [-0.4, -0.2) is 13.4 Å². The molecule has 1 aromatic carbocycles. The third kappa shape index (κ3) is 3.30. The van der Waals surface area contributed by atoms with Crippen LogP contribution in [0.4, 0.5) is 5.82 Å². The molecule has 19 heavy (non-hydrogen) atoms. The molecule has 0 aliphatic rings. The largest absolute Gasteiger partial charge is 0.263 e. The van der Waals surface area contributed by atoms with Crippen LogP contribution in [0.25, 0.3) is 0 Å². The topological polar surface area (TPSA) is 82.8 Å². The summed E-state index contributed by atoms with van der Waals surface area (Å²) in [6.45, 7) is 0. The fraction of sp³-hybridized carbons (Fsp3) is 0.0769. The molecule has 1 heterocycles. The van der Waals surface area contributed by atoms with Gasteiger partial charge in [-0.25, -0.2) is 13.4 Å². The van der Waals surface area contributed by atoms with Crippen LogP contribution in [-0.2, 0) is 16.4 Å². The van der Waals surface area contributed by atoms with Gasteiger partial charge in [0.1, 0.15) is 5.82 Å². The first-order valence-electron chi connectivity index (χ1n) is 5.51. The van der Waals surface area contributed by atoms with E-state index in [0.29, 0.717) is 0 Å². The van der Waals surface area contributed by atoms with Crippen LogP contribution in [0.15, 0.2) is 53.6 Å². The van der Waals surface area contributed by atoms with Gasteiger partial charge in [0.15, 0.2) is 0 Å². The van der Waals surface area contributed by atoms with Gasteiger partial charge < -0.3 is 0 Å². The summed E-state index contributed by atoms with van der Waals surface area (Å²) in [6, 6.07) is 13.2. The van der Waals surface area contributed by atoms with Gasteiger partial charge in [-0.05, 0) is 29.8 Å². The van der Waals surface area contributed by atoms with Crippen LogP contribution < -0.4 is 4.72 Å². The Kier molecular flexibility index (Phi) is 3.78. The van der Waals surface area contributed by atoms with Crippen molar-refractivity contribution in [3.8, 4) is 6.07 Å². The molecule has 0 radical (unpaired) electrons. The van der Waals surface area contributed by atoms with Crippen molar-refractivity contribution in [3.05, 3.63) is 54.2 Å². The number of nitrogens with one attached hydrogen (secondary N) is 1. The van der Waals surface area contributed by atoms with Gasteiger partial charge in [0, 0.05) is 6.20 Å². The minimum atomic E-state index is -3.64. The molecule has 6 heteroatoms. The standard InChI is InChI=1S/C13H11N3O2S/c14-9-8-11-4-6-12(7-5-11)19(17,18)16-13-3-1-2-10-15-13/h1-7,10H,8H2,(H,15,16). The van der Waals surface area contributed by atoms with Crippen molar-refractivity contribution in [2.24, 2.45) is 0 Å². The molecular formula is C13H11N3O2S. The number of benzene rings is 1. The summed E-state index contributed by atoms with van der Waals surface area (Å²) < 4.78 is 26.5. The first-order valence-corrected chi connectivity index (χ1v) is 7.00. The monoisotopic (exact) mass is 273 g/mol. The molecule has 0 amide bonds. The van der Waals surface area contributed by atoms with E-state index >= 15 is 0 Å². The van der Waals surface area contributed by atoms with E-state index in [1.54, 1.807) is 30.3 Å². The lowest BCUT2D eigenvalue weighted by Crippen LogP contribution is -2.13. The van der Waals surface area contributed by atoms with Crippen LogP contribution >= 0.6 is 0 Å². The van der Waals surface area contributed by atoms with Gasteiger partial charge in [-0.1, -0.05) is 18.2 Å². The highest BCUT2D eigenvalue weighted by atomic mass is 32.2. The smallest absolute Gasteiger partial charge is 0.263 e. The van der Waals surface area contributed by atoms with E-state index in [1.807, 2.05) is 6.07 Å². The molecule has 5 nitrogen and oxygen atoms in total. The maximum atomic E-state index is 12.1. The molecule has 0 bridgehead atoms. The van der Waals surface area contributed by atoms with Crippen LogP contribution in [0.1, 0.15) is 5.56 Å². The minimum Gasteiger partial charge on any atom is -0.263 e. The summed E-state index contributed by atoms with van der Waals surface area (Å²) in [5.74, 6) is 0.267. The molecule has 1 aromatic heterocycles. The predicted octanol–water partition coefficient (Wildman–Crippen LogP) is 1.95. The summed E-state index contributed by atoms with van der Waals surface area (Å²) in [4.78, 5) is 4.04. The Hall–Kier alpha value is -2.39. The first kappa shape index (κ1) is 13.1. The molecule has 0 unspecified atom stereocenters. The van der Waals surface area contributed by atoms with E-state index < -0.39 is 10.0 Å². The first-order chi connectivity index (χ1) is 9.12. The lowest BCUT2D eigenvalue weighted by atomic mass is 10.2. The van der Waals surface area contributed by atoms with E-state index in [-0.39, 0.29) is 17.1 Å². The highest BCUT2D eigenvalue weighted by Gasteiger charge is 2.14. The second-order valence-electron chi connectivity index (χ2n) is 3.80. The molecule has 0 atom stereocenters. The van der Waals surface area contributed by atoms with E-state index in [4.69, 9.17) is 5.26 Å². The zero-order valence-corrected chi connectivity index (χ0v) is 10.8. The van der Waals surface area contributed by atoms with E-state index in [2.05, 4.69) is 9.71 Å². The van der Waals surface area contributed by atoms with Gasteiger partial charge in [-0.15, -0.1) is 0 Å². The SMILES string of the molecule is N#CCc1ccc(S(=O)(=O)Nc2ccccn2)cc1. The second-order valence-corrected chi connectivity index (χ2v) is 5.48. The molecule has 0 spiro atoms. The number of hydrogen-bond donors (Lipinski definition) is 1. The molecule has 0 saturated heterocycles. The van der Waals surface area contributed by atoms with Crippen molar-refractivity contribution in [3.63, 3.8) is 0 Å². The Morgan fingerprint density at radius 2 is 1.89 bits per heavy atom. The summed E-state index contributed by atoms with van der Waals surface area (Å²) >= 11 is 0. The predicted molar refractivity (Wildman–Crippen MR) is 70.8 cm³/mol. The van der Waals surface area contributed by atoms with Gasteiger partial charge >= 0.3 is 0 Å². The van der Waals surface area contributed by atoms with Gasteiger partial charge in [0.2, 0.25) is 0 Å². The number of nitriles is 1. The number of aromatic nitrogens is 1. The van der Waals surface area contributed by atoms with Crippen LogP contribution in [0.2, 0.25) is 0 Å². The number of pyridine rings is 1. The van der Waals surface area contributed by atoms with Crippen molar-refractivity contribution in [1.29, 1.82) is 5.26 Å². The summed E-state index contributed by atoms with van der Waals surface area (Å²) in [6.07, 6.45) is 1.77. The van der Waals surface area contributed by atoms with E-state index in [9.17, 15) is 8.42 Å². The molecule has 0 fully saturated rings. The number of hydrogen-bond acceptors (Lipinski definition) is 4. The van der Waals surface area contributed by atoms with Crippen LogP contribution in [0, 0.1) is 11.3 Å². The zero-order valence-electron chi connectivity index (χ0n) is 9.95. The third-order valence-corrected chi connectivity index (χ3v) is 3.79. The Bertz CT molecular complexity index is 689. The van der Waals surface area contributed by atoms with Gasteiger partial charge in [-0.3, -0.25) is 4.72 Å².